The van der Waals surface area contributed by atoms with Gasteiger partial charge in [-0.1, -0.05) is 52.7 Å². The van der Waals surface area contributed by atoms with E-state index in [2.05, 4.69) is 41.5 Å². The largest absolute Gasteiger partial charge is 0.463 e. The standard InChI is InChI=1S/C40H66O12/c1-20(17-25(43)34(47)37(6,7)48)23-13-16-39(9)24(23)11-12-27-38(8)15-14-29(50-22(3)42)36(4,5)28(38)18-30(40(27,39)10)52-35-33(46)32(45)31(44)26(51-35)19-49-21(2)41/h20,25-35,43-48H,11-19H2,1-10H3/t20-,25+,26-,27-,28+,29-,30-,31-,32+,33-,34-,35-,38+,39+,40-/m0/s1. The van der Waals surface area contributed by atoms with Crippen LogP contribution in [0, 0.1) is 39.4 Å². The van der Waals surface area contributed by atoms with Gasteiger partial charge in [-0.25, -0.2) is 0 Å². The highest BCUT2D eigenvalue weighted by molar-refractivity contribution is 5.66. The fourth-order valence-corrected chi connectivity index (χ4v) is 11.9. The van der Waals surface area contributed by atoms with E-state index >= 15 is 0 Å². The van der Waals surface area contributed by atoms with Gasteiger partial charge < -0.3 is 49.6 Å². The fraction of sp³-hybridized carbons (Fsp3) is 0.900. The Morgan fingerprint density at radius 3 is 2.15 bits per heavy atom. The zero-order valence-electron chi connectivity index (χ0n) is 32.9. The van der Waals surface area contributed by atoms with Crippen molar-refractivity contribution in [2.75, 3.05) is 6.61 Å². The summed E-state index contributed by atoms with van der Waals surface area (Å²) < 4.78 is 24.2. The third-order valence-electron chi connectivity index (χ3n) is 14.9. The lowest BCUT2D eigenvalue weighted by Gasteiger charge is -2.71. The van der Waals surface area contributed by atoms with E-state index in [0.29, 0.717) is 12.8 Å². The summed E-state index contributed by atoms with van der Waals surface area (Å²) in [6, 6.07) is 0. The topological polar surface area (TPSA) is 192 Å². The number of aliphatic hydroxyl groups is 6. The van der Waals surface area contributed by atoms with Gasteiger partial charge in [0.1, 0.15) is 43.2 Å². The zero-order chi connectivity index (χ0) is 38.9. The molecule has 5 rings (SSSR count). The lowest BCUT2D eigenvalue weighted by molar-refractivity contribution is -0.344. The Kier molecular flexibility index (Phi) is 11.5. The van der Waals surface area contributed by atoms with Crippen LogP contribution in [0.15, 0.2) is 11.1 Å². The predicted molar refractivity (Wildman–Crippen MR) is 190 cm³/mol. The maximum Gasteiger partial charge on any atom is 0.302 e. The fourth-order valence-electron chi connectivity index (χ4n) is 11.9. The SMILES string of the molecule is CC(=O)OC[C@@H]1O[C@@H](O[C@H]2C[C@@H]3C(C)(C)[C@@H](OC(C)=O)CC[C@]3(C)[C@@H]3CCC4=C([C@@H](C)C[C@@H](O)[C@H](O)C(C)(C)O)CC[C@@]4(C)[C@]23C)[C@@H](O)[C@H](O)[C@H]1O. The van der Waals surface area contributed by atoms with Gasteiger partial charge in [-0.15, -0.1) is 0 Å². The number of aliphatic hydroxyl groups excluding tert-OH is 5. The van der Waals surface area contributed by atoms with Gasteiger partial charge >= 0.3 is 11.9 Å². The van der Waals surface area contributed by atoms with Crippen molar-refractivity contribution in [3.05, 3.63) is 11.1 Å². The Bertz CT molecular complexity index is 1370. The molecule has 0 bridgehead atoms. The minimum atomic E-state index is -1.60. The first-order valence-electron chi connectivity index (χ1n) is 19.4. The smallest absolute Gasteiger partial charge is 0.302 e. The van der Waals surface area contributed by atoms with Crippen LogP contribution < -0.4 is 0 Å². The molecule has 52 heavy (non-hydrogen) atoms. The van der Waals surface area contributed by atoms with Crippen LogP contribution in [0.2, 0.25) is 0 Å². The summed E-state index contributed by atoms with van der Waals surface area (Å²) >= 11 is 0. The lowest BCUT2D eigenvalue weighted by Crippen LogP contribution is -2.69. The molecule has 1 saturated heterocycles. The Balaban J connectivity index is 1.56. The predicted octanol–water partition coefficient (Wildman–Crippen LogP) is 3.55. The number of allylic oxidation sites excluding steroid dienone is 2. The molecule has 0 aromatic carbocycles. The molecule has 1 aliphatic heterocycles. The summed E-state index contributed by atoms with van der Waals surface area (Å²) in [6.45, 7) is 18.8. The van der Waals surface area contributed by atoms with Gasteiger partial charge in [0, 0.05) is 24.7 Å². The molecule has 298 valence electrons. The first-order valence-corrected chi connectivity index (χ1v) is 19.4. The molecule has 0 unspecified atom stereocenters. The first kappa shape index (κ1) is 41.5. The Labute approximate surface area is 309 Å². The van der Waals surface area contributed by atoms with Crippen LogP contribution in [0.4, 0.5) is 0 Å². The number of hydrogen-bond donors (Lipinski definition) is 6. The van der Waals surface area contributed by atoms with E-state index in [1.165, 1.54) is 38.8 Å². The van der Waals surface area contributed by atoms with Crippen molar-refractivity contribution < 1.29 is 59.2 Å². The van der Waals surface area contributed by atoms with E-state index in [9.17, 15) is 40.2 Å². The van der Waals surface area contributed by atoms with Crippen molar-refractivity contribution in [1.29, 1.82) is 0 Å². The van der Waals surface area contributed by atoms with E-state index < -0.39 is 71.4 Å². The summed E-state index contributed by atoms with van der Waals surface area (Å²) in [6.07, 6.45) is -4.42. The van der Waals surface area contributed by atoms with Crippen molar-refractivity contribution in [3.8, 4) is 0 Å². The highest BCUT2D eigenvalue weighted by Gasteiger charge is 2.71. The summed E-state index contributed by atoms with van der Waals surface area (Å²) in [7, 11) is 0. The van der Waals surface area contributed by atoms with Crippen LogP contribution in [0.3, 0.4) is 0 Å². The second-order valence-corrected chi connectivity index (χ2v) is 18.7. The average molecular weight is 739 g/mol. The van der Waals surface area contributed by atoms with Crippen LogP contribution in [-0.2, 0) is 28.5 Å². The van der Waals surface area contributed by atoms with E-state index in [1.54, 1.807) is 0 Å². The van der Waals surface area contributed by atoms with Crippen molar-refractivity contribution in [2.45, 2.75) is 181 Å². The van der Waals surface area contributed by atoms with Crippen LogP contribution >= 0.6 is 0 Å². The van der Waals surface area contributed by atoms with Gasteiger partial charge in [-0.05, 0) is 93.8 Å². The Morgan fingerprint density at radius 2 is 1.56 bits per heavy atom. The molecule has 0 aromatic rings. The van der Waals surface area contributed by atoms with E-state index in [4.69, 9.17) is 18.9 Å². The molecule has 0 spiro atoms. The molecular weight excluding hydrogens is 672 g/mol. The molecule has 0 aromatic heterocycles. The zero-order valence-corrected chi connectivity index (χ0v) is 32.9. The number of carbonyl (C=O) groups excluding carboxylic acids is 2. The summed E-state index contributed by atoms with van der Waals surface area (Å²) in [5.41, 5.74) is -0.263. The summed E-state index contributed by atoms with van der Waals surface area (Å²) in [5.74, 6) is -0.717. The molecule has 0 radical (unpaired) electrons. The maximum atomic E-state index is 12.3. The number of carbonyl (C=O) groups is 2. The van der Waals surface area contributed by atoms with Crippen molar-refractivity contribution in [3.63, 3.8) is 0 Å². The van der Waals surface area contributed by atoms with E-state index in [1.807, 2.05) is 0 Å². The maximum absolute atomic E-state index is 12.3. The third-order valence-corrected chi connectivity index (χ3v) is 14.9. The molecule has 5 aliphatic rings. The highest BCUT2D eigenvalue weighted by Crippen LogP contribution is 2.75. The molecule has 4 fully saturated rings. The minimum Gasteiger partial charge on any atom is -0.463 e. The molecule has 4 aliphatic carbocycles. The van der Waals surface area contributed by atoms with Crippen molar-refractivity contribution in [2.24, 2.45) is 39.4 Å². The minimum absolute atomic E-state index is 0.0458. The van der Waals surface area contributed by atoms with Gasteiger partial charge in [0.25, 0.3) is 0 Å². The van der Waals surface area contributed by atoms with Gasteiger partial charge in [-0.3, -0.25) is 9.59 Å². The molecule has 15 atom stereocenters. The number of rotatable bonds is 10. The van der Waals surface area contributed by atoms with Crippen molar-refractivity contribution in [1.82, 2.24) is 0 Å². The molecule has 3 saturated carbocycles. The molecule has 0 amide bonds. The van der Waals surface area contributed by atoms with Crippen LogP contribution in [0.1, 0.15) is 121 Å². The first-order chi connectivity index (χ1) is 23.9. The lowest BCUT2D eigenvalue weighted by atomic mass is 9.35. The highest BCUT2D eigenvalue weighted by atomic mass is 16.7. The Hall–Kier alpha value is -1.64. The van der Waals surface area contributed by atoms with E-state index in [-0.39, 0.29) is 47.3 Å². The monoisotopic (exact) mass is 738 g/mol. The van der Waals surface area contributed by atoms with Gasteiger partial charge in [-0.2, -0.15) is 0 Å². The van der Waals surface area contributed by atoms with Crippen LogP contribution in [-0.4, -0.2) is 110 Å². The quantitative estimate of drug-likeness (QED) is 0.109. The molecule has 6 N–H and O–H groups in total. The Morgan fingerprint density at radius 1 is 0.904 bits per heavy atom. The van der Waals surface area contributed by atoms with Gasteiger partial charge in [0.15, 0.2) is 6.29 Å². The number of esters is 2. The molecule has 12 heteroatoms. The second kappa shape index (κ2) is 14.5. The number of hydrogen-bond acceptors (Lipinski definition) is 12. The van der Waals surface area contributed by atoms with Gasteiger partial charge in [0.05, 0.1) is 17.8 Å². The van der Waals surface area contributed by atoms with Crippen LogP contribution in [0.5, 0.6) is 0 Å². The third kappa shape index (κ3) is 6.90. The molecule has 1 heterocycles. The number of ether oxygens (including phenoxy) is 4. The van der Waals surface area contributed by atoms with E-state index in [0.717, 1.165) is 38.5 Å². The molecule has 12 nitrogen and oxygen atoms in total. The summed E-state index contributed by atoms with van der Waals surface area (Å²) in [5, 5.41) is 65.0. The second-order valence-electron chi connectivity index (χ2n) is 18.7. The normalized spacial score (nSPS) is 43.4. The van der Waals surface area contributed by atoms with Crippen LogP contribution in [0.25, 0.3) is 0 Å². The summed E-state index contributed by atoms with van der Waals surface area (Å²) in [4.78, 5) is 23.9. The number of fused-ring (bicyclic) bond motifs is 5. The van der Waals surface area contributed by atoms with Crippen molar-refractivity contribution >= 4 is 11.9 Å². The van der Waals surface area contributed by atoms with Gasteiger partial charge in [0.2, 0.25) is 0 Å². The average Bonchev–Trinajstić information content (AvgIpc) is 3.40. The molecular formula is C40H66O12.